The third-order valence-electron chi connectivity index (χ3n) is 3.78. The van der Waals surface area contributed by atoms with Crippen molar-refractivity contribution in [2.24, 2.45) is 0 Å². The Kier molecular flexibility index (Phi) is 4.33. The van der Waals surface area contributed by atoms with E-state index in [1.54, 1.807) is 6.92 Å². The van der Waals surface area contributed by atoms with Gasteiger partial charge in [-0.1, -0.05) is 35.5 Å². The smallest absolute Gasteiger partial charge is 0.261 e. The fourth-order valence-corrected chi connectivity index (χ4v) is 2.47. The zero-order valence-electron chi connectivity index (χ0n) is 13.9. The van der Waals surface area contributed by atoms with Gasteiger partial charge in [-0.3, -0.25) is 4.79 Å². The molecule has 3 rings (SSSR count). The highest BCUT2D eigenvalue weighted by Crippen LogP contribution is 2.26. The summed E-state index contributed by atoms with van der Waals surface area (Å²) in [5, 5.41) is 6.95. The summed E-state index contributed by atoms with van der Waals surface area (Å²) in [7, 11) is 3.94. The first-order chi connectivity index (χ1) is 11.6. The van der Waals surface area contributed by atoms with Crippen LogP contribution in [0, 0.1) is 6.92 Å². The van der Waals surface area contributed by atoms with Gasteiger partial charge in [0, 0.05) is 31.0 Å². The molecule has 0 saturated carbocycles. The van der Waals surface area contributed by atoms with Crippen molar-refractivity contribution >= 4 is 17.3 Å². The Bertz CT molecular complexity index is 837. The van der Waals surface area contributed by atoms with Gasteiger partial charge in [0.25, 0.3) is 5.91 Å². The number of hydrogen-bond donors (Lipinski definition) is 1. The minimum absolute atomic E-state index is 0.231. The average Bonchev–Trinajstić information content (AvgIpc) is 2.98. The zero-order valence-corrected chi connectivity index (χ0v) is 13.9. The van der Waals surface area contributed by atoms with Crippen molar-refractivity contribution in [2.75, 3.05) is 24.3 Å². The average molecular weight is 321 g/mol. The third kappa shape index (κ3) is 3.15. The van der Waals surface area contributed by atoms with Crippen molar-refractivity contribution in [1.82, 2.24) is 5.16 Å². The minimum Gasteiger partial charge on any atom is -0.378 e. The van der Waals surface area contributed by atoms with E-state index in [0.29, 0.717) is 17.0 Å². The predicted molar refractivity (Wildman–Crippen MR) is 95.4 cm³/mol. The van der Waals surface area contributed by atoms with Crippen molar-refractivity contribution in [1.29, 1.82) is 0 Å². The van der Waals surface area contributed by atoms with E-state index >= 15 is 0 Å². The normalized spacial score (nSPS) is 10.5. The van der Waals surface area contributed by atoms with Gasteiger partial charge in [-0.15, -0.1) is 0 Å². The molecule has 0 unspecified atom stereocenters. The molecule has 5 heteroatoms. The molecule has 1 amide bonds. The molecule has 2 aromatic carbocycles. The fraction of sp³-hybridized carbons (Fsp3) is 0.158. The second-order valence-electron chi connectivity index (χ2n) is 5.72. The lowest BCUT2D eigenvalue weighted by atomic mass is 10.1. The SMILES string of the molecule is Cc1onc(-c2ccccc2)c1C(=O)Nc1ccc(N(C)C)cc1. The van der Waals surface area contributed by atoms with Gasteiger partial charge in [0.05, 0.1) is 0 Å². The van der Waals surface area contributed by atoms with Crippen LogP contribution in [0.3, 0.4) is 0 Å². The van der Waals surface area contributed by atoms with Crippen molar-refractivity contribution < 1.29 is 9.32 Å². The number of nitrogens with one attached hydrogen (secondary N) is 1. The molecule has 1 aromatic heterocycles. The van der Waals surface area contributed by atoms with Crippen LogP contribution in [-0.4, -0.2) is 25.2 Å². The molecule has 0 aliphatic carbocycles. The van der Waals surface area contributed by atoms with Gasteiger partial charge in [0.2, 0.25) is 0 Å². The monoisotopic (exact) mass is 321 g/mol. The summed E-state index contributed by atoms with van der Waals surface area (Å²) in [5.74, 6) is 0.265. The Morgan fingerprint density at radius 3 is 2.33 bits per heavy atom. The standard InChI is InChI=1S/C19H19N3O2/c1-13-17(18(21-24-13)14-7-5-4-6-8-14)19(23)20-15-9-11-16(12-10-15)22(2)3/h4-12H,1-3H3,(H,20,23). The first-order valence-corrected chi connectivity index (χ1v) is 7.66. The molecule has 0 radical (unpaired) electrons. The van der Waals surface area contributed by atoms with E-state index in [9.17, 15) is 4.79 Å². The van der Waals surface area contributed by atoms with E-state index in [4.69, 9.17) is 4.52 Å². The number of benzene rings is 2. The highest BCUT2D eigenvalue weighted by Gasteiger charge is 2.21. The Hall–Kier alpha value is -3.08. The van der Waals surface area contributed by atoms with Gasteiger partial charge in [0.15, 0.2) is 0 Å². The number of carbonyl (C=O) groups is 1. The zero-order chi connectivity index (χ0) is 17.1. The van der Waals surface area contributed by atoms with Crippen LogP contribution in [0.25, 0.3) is 11.3 Å². The summed E-state index contributed by atoms with van der Waals surface area (Å²) in [4.78, 5) is 14.7. The molecule has 122 valence electrons. The lowest BCUT2D eigenvalue weighted by Crippen LogP contribution is -2.14. The van der Waals surface area contributed by atoms with Gasteiger partial charge < -0.3 is 14.7 Å². The first kappa shape index (κ1) is 15.8. The minimum atomic E-state index is -0.231. The van der Waals surface area contributed by atoms with E-state index in [-0.39, 0.29) is 5.91 Å². The summed E-state index contributed by atoms with van der Waals surface area (Å²) in [6.07, 6.45) is 0. The van der Waals surface area contributed by atoms with Gasteiger partial charge in [-0.25, -0.2) is 0 Å². The first-order valence-electron chi connectivity index (χ1n) is 7.66. The van der Waals surface area contributed by atoms with Gasteiger partial charge in [-0.05, 0) is 31.2 Å². The molecule has 1 N–H and O–H groups in total. The number of aryl methyl sites for hydroxylation is 1. The third-order valence-corrected chi connectivity index (χ3v) is 3.78. The van der Waals surface area contributed by atoms with Gasteiger partial charge >= 0.3 is 0 Å². The molecule has 0 aliphatic rings. The Morgan fingerprint density at radius 1 is 1.04 bits per heavy atom. The maximum absolute atomic E-state index is 12.7. The number of amides is 1. The van der Waals surface area contributed by atoms with Crippen molar-refractivity contribution in [3.05, 3.63) is 65.9 Å². The number of aromatic nitrogens is 1. The number of rotatable bonds is 4. The van der Waals surface area contributed by atoms with Crippen LogP contribution < -0.4 is 10.2 Å². The molecule has 0 atom stereocenters. The van der Waals surface area contributed by atoms with Crippen LogP contribution in [0.2, 0.25) is 0 Å². The van der Waals surface area contributed by atoms with E-state index in [0.717, 1.165) is 16.9 Å². The molecule has 1 heterocycles. The Labute approximate surface area is 140 Å². The van der Waals surface area contributed by atoms with Crippen molar-refractivity contribution in [3.8, 4) is 11.3 Å². The van der Waals surface area contributed by atoms with Crippen LogP contribution in [0.15, 0.2) is 59.1 Å². The van der Waals surface area contributed by atoms with E-state index in [1.807, 2.05) is 73.6 Å². The molecule has 3 aromatic rings. The summed E-state index contributed by atoms with van der Waals surface area (Å²) in [5.41, 5.74) is 3.65. The summed E-state index contributed by atoms with van der Waals surface area (Å²) >= 11 is 0. The number of hydrogen-bond acceptors (Lipinski definition) is 4. The number of nitrogens with zero attached hydrogens (tertiary/aromatic N) is 2. The molecule has 0 fully saturated rings. The largest absolute Gasteiger partial charge is 0.378 e. The fourth-order valence-electron chi connectivity index (χ4n) is 2.47. The van der Waals surface area contributed by atoms with Crippen molar-refractivity contribution in [3.63, 3.8) is 0 Å². The molecule has 0 aliphatic heterocycles. The molecular formula is C19H19N3O2. The molecular weight excluding hydrogens is 302 g/mol. The van der Waals surface area contributed by atoms with Crippen LogP contribution in [0.5, 0.6) is 0 Å². The second kappa shape index (κ2) is 6.58. The second-order valence-corrected chi connectivity index (χ2v) is 5.72. The van der Waals surface area contributed by atoms with Crippen LogP contribution in [-0.2, 0) is 0 Å². The number of anilines is 2. The number of carbonyl (C=O) groups excluding carboxylic acids is 1. The summed E-state index contributed by atoms with van der Waals surface area (Å²) in [6.45, 7) is 1.74. The highest BCUT2D eigenvalue weighted by molar-refractivity contribution is 6.08. The lowest BCUT2D eigenvalue weighted by molar-refractivity contribution is 0.102. The van der Waals surface area contributed by atoms with Crippen LogP contribution in [0.1, 0.15) is 16.1 Å². The van der Waals surface area contributed by atoms with E-state index < -0.39 is 0 Å². The summed E-state index contributed by atoms with van der Waals surface area (Å²) < 4.78 is 5.24. The molecule has 24 heavy (non-hydrogen) atoms. The summed E-state index contributed by atoms with van der Waals surface area (Å²) in [6, 6.07) is 17.2. The highest BCUT2D eigenvalue weighted by atomic mass is 16.5. The Morgan fingerprint density at radius 2 is 1.71 bits per heavy atom. The predicted octanol–water partition coefficient (Wildman–Crippen LogP) is 3.97. The quantitative estimate of drug-likeness (QED) is 0.790. The Balaban J connectivity index is 1.87. The maximum Gasteiger partial charge on any atom is 0.261 e. The lowest BCUT2D eigenvalue weighted by Gasteiger charge is -2.13. The molecule has 0 saturated heterocycles. The van der Waals surface area contributed by atoms with E-state index in [1.165, 1.54) is 0 Å². The van der Waals surface area contributed by atoms with Crippen LogP contribution in [0.4, 0.5) is 11.4 Å². The molecule has 5 nitrogen and oxygen atoms in total. The van der Waals surface area contributed by atoms with Crippen LogP contribution >= 0.6 is 0 Å². The topological polar surface area (TPSA) is 58.4 Å². The van der Waals surface area contributed by atoms with Gasteiger partial charge in [0.1, 0.15) is 17.0 Å². The van der Waals surface area contributed by atoms with Crippen molar-refractivity contribution in [2.45, 2.75) is 6.92 Å². The van der Waals surface area contributed by atoms with E-state index in [2.05, 4.69) is 10.5 Å². The van der Waals surface area contributed by atoms with Gasteiger partial charge in [-0.2, -0.15) is 0 Å². The maximum atomic E-state index is 12.7. The molecule has 0 bridgehead atoms. The molecule has 0 spiro atoms.